The van der Waals surface area contributed by atoms with Gasteiger partial charge in [0.15, 0.2) is 5.82 Å². The summed E-state index contributed by atoms with van der Waals surface area (Å²) in [6, 6.07) is 11.8. The molecule has 1 saturated heterocycles. The molecule has 0 amide bonds. The van der Waals surface area contributed by atoms with Gasteiger partial charge in [-0.1, -0.05) is 18.5 Å². The summed E-state index contributed by atoms with van der Waals surface area (Å²) in [7, 11) is 0.0557. The van der Waals surface area contributed by atoms with Crippen molar-refractivity contribution in [3.63, 3.8) is 0 Å². The van der Waals surface area contributed by atoms with Gasteiger partial charge in [-0.3, -0.25) is 10.1 Å². The van der Waals surface area contributed by atoms with Gasteiger partial charge in [0.1, 0.15) is 15.7 Å². The summed E-state index contributed by atoms with van der Waals surface area (Å²) in [5.41, 5.74) is 2.90. The molecule has 4 aromatic rings. The lowest BCUT2D eigenvalue weighted by Crippen LogP contribution is -2.49. The predicted molar refractivity (Wildman–Crippen MR) is 167 cm³/mol. The van der Waals surface area contributed by atoms with Crippen LogP contribution in [0.25, 0.3) is 21.6 Å². The zero-order valence-electron chi connectivity index (χ0n) is 23.6. The largest absolute Gasteiger partial charge is 0.378 e. The van der Waals surface area contributed by atoms with Crippen LogP contribution in [0.5, 0.6) is 0 Å². The molecule has 2 aromatic heterocycles. The van der Waals surface area contributed by atoms with Gasteiger partial charge in [0, 0.05) is 62.5 Å². The molecule has 1 aliphatic heterocycles. The Balaban J connectivity index is 1.34. The van der Waals surface area contributed by atoms with E-state index in [4.69, 9.17) is 21.6 Å². The summed E-state index contributed by atoms with van der Waals surface area (Å²) >= 11 is 7.67. The molecule has 42 heavy (non-hydrogen) atoms. The van der Waals surface area contributed by atoms with E-state index in [0.29, 0.717) is 24.8 Å². The second kappa shape index (κ2) is 11.1. The molecule has 0 radical (unpaired) electrons. The third-order valence-electron chi connectivity index (χ3n) is 8.07. The number of sulfonamides is 1. The van der Waals surface area contributed by atoms with Crippen LogP contribution in [-0.2, 0) is 22.9 Å². The quantitative estimate of drug-likeness (QED) is 0.200. The minimum atomic E-state index is -3.95. The number of hydrogen-bond donors (Lipinski definition) is 0. The van der Waals surface area contributed by atoms with Crippen molar-refractivity contribution in [3.05, 3.63) is 68.0 Å². The SMILES string of the molecule is CC1CCc2c(sc3nc(-c4ccc(N(C)C)cc4)nc(N4CCN(S(=O)(=O)c5ccc(Cl)c([N+](=O)[O-])c5)CC4)c23)C1. The van der Waals surface area contributed by atoms with Crippen molar-refractivity contribution in [3.8, 4) is 11.4 Å². The van der Waals surface area contributed by atoms with Gasteiger partial charge < -0.3 is 9.80 Å². The van der Waals surface area contributed by atoms with Crippen molar-refractivity contribution in [2.45, 2.75) is 31.1 Å². The van der Waals surface area contributed by atoms with Crippen LogP contribution in [0.1, 0.15) is 23.8 Å². The number of benzene rings is 2. The number of anilines is 2. The van der Waals surface area contributed by atoms with Crippen molar-refractivity contribution in [2.75, 3.05) is 50.1 Å². The third-order valence-corrected chi connectivity index (χ3v) is 11.4. The molecule has 1 atom stereocenters. The van der Waals surface area contributed by atoms with Crippen LogP contribution in [0.4, 0.5) is 17.2 Å². The lowest BCUT2D eigenvalue weighted by Gasteiger charge is -2.35. The topological polar surface area (TPSA) is 113 Å². The molecular formula is C29H31ClN6O4S2. The van der Waals surface area contributed by atoms with Gasteiger partial charge in [0.05, 0.1) is 15.2 Å². The second-order valence-corrected chi connectivity index (χ2v) is 14.5. The number of nitro benzene ring substituents is 1. The summed E-state index contributed by atoms with van der Waals surface area (Å²) in [5, 5.41) is 12.3. The standard InChI is InChI=1S/C29H31ClN6O4S2/c1-18-4-10-22-25(16-18)41-29-26(22)28(31-27(32-29)19-5-7-20(8-6-19)33(2)3)34-12-14-35(15-13-34)42(39,40)21-9-11-23(30)24(17-21)36(37)38/h5-9,11,17-18H,4,10,12-16H2,1-3H3. The number of aromatic nitrogens is 2. The molecule has 6 rings (SSSR count). The number of nitrogens with zero attached hydrogens (tertiary/aromatic N) is 6. The van der Waals surface area contributed by atoms with Crippen LogP contribution in [0.2, 0.25) is 5.02 Å². The van der Waals surface area contributed by atoms with Crippen LogP contribution in [0, 0.1) is 16.0 Å². The molecule has 220 valence electrons. The van der Waals surface area contributed by atoms with Gasteiger partial charge >= 0.3 is 0 Å². The fourth-order valence-corrected chi connectivity index (χ4v) is 8.68. The summed E-state index contributed by atoms with van der Waals surface area (Å²) < 4.78 is 28.3. The molecule has 0 saturated carbocycles. The lowest BCUT2D eigenvalue weighted by molar-refractivity contribution is -0.384. The average molecular weight is 627 g/mol. The summed E-state index contributed by atoms with van der Waals surface area (Å²) in [6.45, 7) is 3.59. The molecule has 2 aromatic carbocycles. The Bertz CT molecular complexity index is 1780. The number of piperazine rings is 1. The summed E-state index contributed by atoms with van der Waals surface area (Å²) in [6.07, 6.45) is 3.13. The maximum atomic E-state index is 13.4. The Hall–Kier alpha value is -3.32. The molecule has 3 heterocycles. The maximum Gasteiger partial charge on any atom is 0.289 e. The molecule has 1 unspecified atom stereocenters. The Labute approximate surface area is 253 Å². The highest BCUT2D eigenvalue weighted by Gasteiger charge is 2.33. The maximum absolute atomic E-state index is 13.4. The fourth-order valence-electron chi connectivity index (χ4n) is 5.67. The first-order valence-electron chi connectivity index (χ1n) is 13.8. The zero-order chi connectivity index (χ0) is 29.8. The van der Waals surface area contributed by atoms with E-state index in [1.165, 1.54) is 26.9 Å². The highest BCUT2D eigenvalue weighted by molar-refractivity contribution is 7.89. The molecule has 0 bridgehead atoms. The van der Waals surface area contributed by atoms with Gasteiger partial charge in [-0.05, 0) is 67.1 Å². The first-order chi connectivity index (χ1) is 20.0. The van der Waals surface area contributed by atoms with E-state index in [9.17, 15) is 18.5 Å². The highest BCUT2D eigenvalue weighted by Crippen LogP contribution is 2.42. The van der Waals surface area contributed by atoms with Gasteiger partial charge in [0.25, 0.3) is 5.69 Å². The Kier molecular flexibility index (Phi) is 7.58. The van der Waals surface area contributed by atoms with Crippen LogP contribution >= 0.6 is 22.9 Å². The lowest BCUT2D eigenvalue weighted by atomic mass is 9.89. The smallest absolute Gasteiger partial charge is 0.289 e. The van der Waals surface area contributed by atoms with Crippen LogP contribution in [0.3, 0.4) is 0 Å². The Morgan fingerprint density at radius 3 is 2.45 bits per heavy atom. The Morgan fingerprint density at radius 2 is 1.79 bits per heavy atom. The van der Waals surface area contributed by atoms with Crippen molar-refractivity contribution in [2.24, 2.45) is 5.92 Å². The zero-order valence-corrected chi connectivity index (χ0v) is 26.0. The molecule has 0 N–H and O–H groups in total. The number of hydrogen-bond acceptors (Lipinski definition) is 9. The first kappa shape index (κ1) is 28.8. The molecule has 2 aliphatic rings. The van der Waals surface area contributed by atoms with Crippen molar-refractivity contribution in [1.29, 1.82) is 0 Å². The van der Waals surface area contributed by atoms with E-state index >= 15 is 0 Å². The third kappa shape index (κ3) is 5.21. The van der Waals surface area contributed by atoms with E-state index in [-0.39, 0.29) is 23.0 Å². The number of halogens is 1. The Morgan fingerprint density at radius 1 is 1.07 bits per heavy atom. The minimum absolute atomic E-state index is 0.0998. The molecule has 0 spiro atoms. The van der Waals surface area contributed by atoms with Crippen LogP contribution in [0.15, 0.2) is 47.4 Å². The summed E-state index contributed by atoms with van der Waals surface area (Å²) in [5.74, 6) is 2.12. The van der Waals surface area contributed by atoms with Gasteiger partial charge in [-0.2, -0.15) is 4.31 Å². The van der Waals surface area contributed by atoms with Gasteiger partial charge in [-0.15, -0.1) is 11.3 Å². The van der Waals surface area contributed by atoms with E-state index in [2.05, 4.69) is 24.0 Å². The number of rotatable bonds is 6. The molecule has 1 aliphatic carbocycles. The fraction of sp³-hybridized carbons (Fsp3) is 0.379. The van der Waals surface area contributed by atoms with Crippen molar-refractivity contribution >= 4 is 60.4 Å². The molecule has 1 fully saturated rings. The monoisotopic (exact) mass is 626 g/mol. The number of fused-ring (bicyclic) bond motifs is 3. The first-order valence-corrected chi connectivity index (χ1v) is 16.5. The molecular weight excluding hydrogens is 596 g/mol. The van der Waals surface area contributed by atoms with E-state index in [1.807, 2.05) is 31.1 Å². The summed E-state index contributed by atoms with van der Waals surface area (Å²) in [4.78, 5) is 27.2. The van der Waals surface area contributed by atoms with Gasteiger partial charge in [0.2, 0.25) is 10.0 Å². The van der Waals surface area contributed by atoms with E-state index in [0.717, 1.165) is 52.6 Å². The number of thiophene rings is 1. The molecule has 13 heteroatoms. The number of nitro groups is 1. The average Bonchev–Trinajstić information content (AvgIpc) is 3.34. The van der Waals surface area contributed by atoms with Crippen molar-refractivity contribution in [1.82, 2.24) is 14.3 Å². The van der Waals surface area contributed by atoms with E-state index < -0.39 is 20.6 Å². The second-order valence-electron chi connectivity index (χ2n) is 11.1. The predicted octanol–water partition coefficient (Wildman–Crippen LogP) is 5.62. The normalized spacial score (nSPS) is 17.8. The van der Waals surface area contributed by atoms with Crippen molar-refractivity contribution < 1.29 is 13.3 Å². The minimum Gasteiger partial charge on any atom is -0.378 e. The van der Waals surface area contributed by atoms with Crippen LogP contribution in [-0.4, -0.2) is 67.9 Å². The van der Waals surface area contributed by atoms with Gasteiger partial charge in [-0.25, -0.2) is 18.4 Å². The van der Waals surface area contributed by atoms with E-state index in [1.54, 1.807) is 11.3 Å². The van der Waals surface area contributed by atoms with Crippen LogP contribution < -0.4 is 9.80 Å². The highest BCUT2D eigenvalue weighted by atomic mass is 35.5. The number of aryl methyl sites for hydroxylation is 1. The molecule has 10 nitrogen and oxygen atoms in total.